The second kappa shape index (κ2) is 6.54. The molecule has 1 fully saturated rings. The smallest absolute Gasteiger partial charge is 0.251 e. The number of H-pyrrole nitrogens is 1. The van der Waals surface area contributed by atoms with Crippen molar-refractivity contribution in [2.75, 3.05) is 0 Å². The second-order valence-corrected chi connectivity index (χ2v) is 6.86. The lowest BCUT2D eigenvalue weighted by atomic mass is 9.75. The van der Waals surface area contributed by atoms with Gasteiger partial charge in [-0.05, 0) is 37.0 Å². The molecule has 0 radical (unpaired) electrons. The van der Waals surface area contributed by atoms with Crippen LogP contribution in [0.2, 0.25) is 0 Å². The molecule has 0 aliphatic heterocycles. The van der Waals surface area contributed by atoms with Gasteiger partial charge in [0.1, 0.15) is 12.4 Å². The molecule has 2 heterocycles. The summed E-state index contributed by atoms with van der Waals surface area (Å²) in [5.41, 5.74) is 2.86. The van der Waals surface area contributed by atoms with E-state index in [1.54, 1.807) is 29.1 Å². The van der Waals surface area contributed by atoms with Crippen molar-refractivity contribution in [3.8, 4) is 0 Å². The van der Waals surface area contributed by atoms with Crippen LogP contribution in [0.25, 0.3) is 11.0 Å². The molecule has 8 nitrogen and oxygen atoms in total. The molecule has 1 aliphatic carbocycles. The maximum Gasteiger partial charge on any atom is 0.251 e. The highest BCUT2D eigenvalue weighted by Gasteiger charge is 2.36. The summed E-state index contributed by atoms with van der Waals surface area (Å²) in [6.07, 6.45) is 4.68. The monoisotopic (exact) mass is 355 g/mol. The Balaban J connectivity index is 1.57. The maximum absolute atomic E-state index is 12.8. The molecule has 4 rings (SSSR count). The molecule has 2 aromatic heterocycles. The van der Waals surface area contributed by atoms with Crippen LogP contribution >= 0.6 is 0 Å². The summed E-state index contributed by atoms with van der Waals surface area (Å²) in [5, 5.41) is 26.1. The fourth-order valence-corrected chi connectivity index (χ4v) is 3.48. The van der Waals surface area contributed by atoms with Crippen LogP contribution in [0, 0.1) is 5.92 Å². The van der Waals surface area contributed by atoms with Gasteiger partial charge in [0.15, 0.2) is 0 Å². The Hall–Kier alpha value is -2.71. The van der Waals surface area contributed by atoms with E-state index in [4.69, 9.17) is 0 Å². The van der Waals surface area contributed by atoms with Gasteiger partial charge in [-0.25, -0.2) is 4.98 Å². The molecular formula is C18H21N5O3. The van der Waals surface area contributed by atoms with Gasteiger partial charge >= 0.3 is 0 Å². The van der Waals surface area contributed by atoms with E-state index in [2.05, 4.69) is 20.4 Å². The van der Waals surface area contributed by atoms with Gasteiger partial charge in [-0.1, -0.05) is 0 Å². The van der Waals surface area contributed by atoms with E-state index in [1.165, 1.54) is 0 Å². The van der Waals surface area contributed by atoms with E-state index >= 15 is 0 Å². The summed E-state index contributed by atoms with van der Waals surface area (Å²) >= 11 is 0. The number of fused-ring (bicyclic) bond motifs is 1. The lowest BCUT2D eigenvalue weighted by Crippen LogP contribution is -2.41. The van der Waals surface area contributed by atoms with Gasteiger partial charge in [-0.3, -0.25) is 9.48 Å². The van der Waals surface area contributed by atoms with Crippen molar-refractivity contribution < 1.29 is 15.0 Å². The van der Waals surface area contributed by atoms with Crippen LogP contribution in [0.4, 0.5) is 0 Å². The topological polar surface area (TPSA) is 116 Å². The Kier molecular flexibility index (Phi) is 4.21. The summed E-state index contributed by atoms with van der Waals surface area (Å²) in [7, 11) is 1.84. The molecular weight excluding hydrogens is 334 g/mol. The third-order valence-electron chi connectivity index (χ3n) is 4.93. The second-order valence-electron chi connectivity index (χ2n) is 6.86. The number of aromatic nitrogens is 4. The van der Waals surface area contributed by atoms with Crippen LogP contribution in [0.1, 0.15) is 40.6 Å². The summed E-state index contributed by atoms with van der Waals surface area (Å²) in [5.74, 6) is 0.464. The average Bonchev–Trinajstić information content (AvgIpc) is 3.21. The number of aliphatic hydroxyl groups is 2. The van der Waals surface area contributed by atoms with Crippen molar-refractivity contribution in [2.24, 2.45) is 13.0 Å². The number of carbonyl (C=O) groups is 1. The predicted octanol–water partition coefficient (Wildman–Crippen LogP) is 1.03. The Morgan fingerprint density at radius 2 is 2.27 bits per heavy atom. The lowest BCUT2D eigenvalue weighted by Gasteiger charge is -2.37. The molecule has 1 aliphatic rings. The first-order chi connectivity index (χ1) is 12.5. The molecule has 0 spiro atoms. The number of aromatic amines is 1. The van der Waals surface area contributed by atoms with Crippen molar-refractivity contribution in [1.82, 2.24) is 25.1 Å². The molecule has 3 aromatic rings. The molecule has 136 valence electrons. The van der Waals surface area contributed by atoms with Crippen molar-refractivity contribution in [3.05, 3.63) is 47.5 Å². The molecule has 0 unspecified atom stereocenters. The fourth-order valence-electron chi connectivity index (χ4n) is 3.48. The van der Waals surface area contributed by atoms with Crippen LogP contribution < -0.4 is 5.32 Å². The highest BCUT2D eigenvalue weighted by atomic mass is 16.3. The zero-order valence-corrected chi connectivity index (χ0v) is 14.4. The number of amides is 1. The first-order valence-corrected chi connectivity index (χ1v) is 8.60. The minimum Gasteiger partial charge on any atom is -0.393 e. The van der Waals surface area contributed by atoms with Crippen LogP contribution in [0.5, 0.6) is 0 Å². The molecule has 0 bridgehead atoms. The SMILES string of the molecule is Cn1cc([C@@H](NC(=O)c2ccc3nc(CO)[nH]c3c2)C2CC(O)C2)cn1. The largest absolute Gasteiger partial charge is 0.393 e. The van der Waals surface area contributed by atoms with Gasteiger partial charge in [0.05, 0.1) is 29.4 Å². The number of hydrogen-bond acceptors (Lipinski definition) is 5. The number of aryl methyl sites for hydroxylation is 1. The number of carbonyl (C=O) groups excluding carboxylic acids is 1. The Labute approximate surface area is 149 Å². The summed E-state index contributed by atoms with van der Waals surface area (Å²) < 4.78 is 1.71. The van der Waals surface area contributed by atoms with E-state index in [0.29, 0.717) is 35.3 Å². The van der Waals surface area contributed by atoms with Crippen molar-refractivity contribution in [3.63, 3.8) is 0 Å². The standard InChI is InChI=1S/C18H21N5O3/c1-23-8-12(7-19-23)17(11-4-13(25)5-11)22-18(26)10-2-3-14-15(6-10)21-16(9-24)20-14/h2-3,6-8,11,13,17,24-25H,4-5,9H2,1H3,(H,20,21)(H,22,26)/t11?,13?,17-/m0/s1. The fraction of sp³-hybridized carbons (Fsp3) is 0.389. The minimum absolute atomic E-state index is 0.177. The molecule has 26 heavy (non-hydrogen) atoms. The summed E-state index contributed by atoms with van der Waals surface area (Å²) in [6, 6.07) is 5.01. The van der Waals surface area contributed by atoms with Crippen LogP contribution in [-0.4, -0.2) is 42.0 Å². The lowest BCUT2D eigenvalue weighted by molar-refractivity contribution is 0.0235. The Morgan fingerprint density at radius 3 is 2.92 bits per heavy atom. The zero-order chi connectivity index (χ0) is 18.3. The minimum atomic E-state index is -0.297. The van der Waals surface area contributed by atoms with Crippen LogP contribution in [-0.2, 0) is 13.7 Å². The highest BCUT2D eigenvalue weighted by Crippen LogP contribution is 2.38. The van der Waals surface area contributed by atoms with Crippen molar-refractivity contribution in [1.29, 1.82) is 0 Å². The average molecular weight is 355 g/mol. The van der Waals surface area contributed by atoms with E-state index in [1.807, 2.05) is 13.2 Å². The van der Waals surface area contributed by atoms with E-state index in [0.717, 1.165) is 5.56 Å². The van der Waals surface area contributed by atoms with Gasteiger partial charge in [0.25, 0.3) is 5.91 Å². The van der Waals surface area contributed by atoms with Gasteiger partial charge in [-0.15, -0.1) is 0 Å². The maximum atomic E-state index is 12.8. The van der Waals surface area contributed by atoms with Crippen LogP contribution in [0.15, 0.2) is 30.6 Å². The van der Waals surface area contributed by atoms with Crippen molar-refractivity contribution >= 4 is 16.9 Å². The van der Waals surface area contributed by atoms with Gasteiger partial charge in [0.2, 0.25) is 0 Å². The molecule has 1 aromatic carbocycles. The molecule has 8 heteroatoms. The summed E-state index contributed by atoms with van der Waals surface area (Å²) in [6.45, 7) is -0.177. The number of nitrogens with one attached hydrogen (secondary N) is 2. The van der Waals surface area contributed by atoms with Gasteiger partial charge < -0.3 is 20.5 Å². The van der Waals surface area contributed by atoms with Gasteiger partial charge in [-0.2, -0.15) is 5.10 Å². The van der Waals surface area contributed by atoms with E-state index in [-0.39, 0.29) is 30.6 Å². The van der Waals surface area contributed by atoms with E-state index < -0.39 is 0 Å². The van der Waals surface area contributed by atoms with E-state index in [9.17, 15) is 15.0 Å². The predicted molar refractivity (Wildman–Crippen MR) is 94.2 cm³/mol. The first kappa shape index (κ1) is 16.7. The van der Waals surface area contributed by atoms with Crippen LogP contribution in [0.3, 0.4) is 0 Å². The van der Waals surface area contributed by atoms with Crippen molar-refractivity contribution in [2.45, 2.75) is 31.6 Å². The Bertz CT molecular complexity index is 941. The normalized spacial score (nSPS) is 20.7. The number of imidazole rings is 1. The summed E-state index contributed by atoms with van der Waals surface area (Å²) in [4.78, 5) is 20.0. The molecule has 0 saturated heterocycles. The molecule has 1 saturated carbocycles. The number of hydrogen-bond donors (Lipinski definition) is 4. The molecule has 4 N–H and O–H groups in total. The highest BCUT2D eigenvalue weighted by molar-refractivity contribution is 5.97. The Morgan fingerprint density at radius 1 is 1.46 bits per heavy atom. The number of aliphatic hydroxyl groups excluding tert-OH is 2. The number of benzene rings is 1. The van der Waals surface area contributed by atoms with Gasteiger partial charge in [0, 0.05) is 24.4 Å². The third kappa shape index (κ3) is 3.09. The first-order valence-electron chi connectivity index (χ1n) is 8.60. The quantitative estimate of drug-likeness (QED) is 0.545. The third-order valence-corrected chi connectivity index (χ3v) is 4.93. The molecule has 1 atom stereocenters. The molecule has 1 amide bonds. The number of nitrogens with zero attached hydrogens (tertiary/aromatic N) is 3. The number of rotatable bonds is 5. The zero-order valence-electron chi connectivity index (χ0n) is 14.4.